The first-order valence-corrected chi connectivity index (χ1v) is 8.81. The van der Waals surface area contributed by atoms with Crippen LogP contribution < -0.4 is 5.32 Å². The maximum absolute atomic E-state index is 12.6. The highest BCUT2D eigenvalue weighted by atomic mass is 35.5. The molecule has 0 saturated heterocycles. The van der Waals surface area contributed by atoms with Gasteiger partial charge < -0.3 is 10.1 Å². The van der Waals surface area contributed by atoms with Gasteiger partial charge in [-0.05, 0) is 36.8 Å². The number of benzene rings is 2. The topological polar surface area (TPSA) is 73.2 Å². The summed E-state index contributed by atoms with van der Waals surface area (Å²) in [6.07, 6.45) is 1.03. The van der Waals surface area contributed by atoms with E-state index in [1.807, 2.05) is 31.2 Å². The van der Waals surface area contributed by atoms with Crippen molar-refractivity contribution in [1.29, 1.82) is 0 Å². The summed E-state index contributed by atoms with van der Waals surface area (Å²) in [5.74, 6) is -0.866. The molecule has 0 saturated carbocycles. The van der Waals surface area contributed by atoms with Gasteiger partial charge in [-0.2, -0.15) is 5.10 Å². The van der Waals surface area contributed by atoms with Crippen LogP contribution >= 0.6 is 11.6 Å². The largest absolute Gasteiger partial charge is 0.448 e. The number of ether oxygens (including phenoxy) is 1. The van der Waals surface area contributed by atoms with E-state index in [1.54, 1.807) is 35.1 Å². The van der Waals surface area contributed by atoms with Crippen LogP contribution in [0.4, 0.5) is 5.69 Å². The van der Waals surface area contributed by atoms with Crippen molar-refractivity contribution in [3.63, 3.8) is 0 Å². The maximum Gasteiger partial charge on any atom is 0.339 e. The van der Waals surface area contributed by atoms with Gasteiger partial charge in [0.1, 0.15) is 0 Å². The molecule has 27 heavy (non-hydrogen) atoms. The Morgan fingerprint density at radius 2 is 2.07 bits per heavy atom. The SMILES string of the molecule is Cc1c(NC(=O)C2Cc3ccccc3C(=O)O2)cnn1-c1cccc(Cl)c1. The number of aromatic nitrogens is 2. The second kappa shape index (κ2) is 6.89. The number of nitrogens with zero attached hydrogens (tertiary/aromatic N) is 2. The third-order valence-corrected chi connectivity index (χ3v) is 4.74. The highest BCUT2D eigenvalue weighted by Crippen LogP contribution is 2.24. The van der Waals surface area contributed by atoms with E-state index in [-0.39, 0.29) is 5.91 Å². The Balaban J connectivity index is 1.54. The zero-order chi connectivity index (χ0) is 19.0. The Labute approximate surface area is 160 Å². The monoisotopic (exact) mass is 381 g/mol. The van der Waals surface area contributed by atoms with Crippen LogP contribution in [0.25, 0.3) is 5.69 Å². The number of amides is 1. The molecule has 0 aliphatic carbocycles. The van der Waals surface area contributed by atoms with Crippen molar-refractivity contribution >= 4 is 29.2 Å². The van der Waals surface area contributed by atoms with Crippen LogP contribution in [0.1, 0.15) is 21.6 Å². The second-order valence-corrected chi connectivity index (χ2v) is 6.72. The molecular weight excluding hydrogens is 366 g/mol. The molecule has 1 amide bonds. The Kier molecular flexibility index (Phi) is 4.41. The van der Waals surface area contributed by atoms with Crippen molar-refractivity contribution in [1.82, 2.24) is 9.78 Å². The van der Waals surface area contributed by atoms with Crippen molar-refractivity contribution in [3.05, 3.63) is 76.6 Å². The molecule has 1 aliphatic heterocycles. The summed E-state index contributed by atoms with van der Waals surface area (Å²) in [4.78, 5) is 24.7. The smallest absolute Gasteiger partial charge is 0.339 e. The Morgan fingerprint density at radius 3 is 2.89 bits per heavy atom. The third-order valence-electron chi connectivity index (χ3n) is 4.50. The molecule has 0 spiro atoms. The van der Waals surface area contributed by atoms with Crippen LogP contribution in [0.15, 0.2) is 54.7 Å². The number of hydrogen-bond donors (Lipinski definition) is 1. The molecule has 0 bridgehead atoms. The van der Waals surface area contributed by atoms with E-state index in [1.165, 1.54) is 0 Å². The lowest BCUT2D eigenvalue weighted by atomic mass is 9.98. The second-order valence-electron chi connectivity index (χ2n) is 6.28. The zero-order valence-corrected chi connectivity index (χ0v) is 15.2. The molecule has 1 aromatic heterocycles. The molecule has 1 atom stereocenters. The van der Waals surface area contributed by atoms with E-state index in [2.05, 4.69) is 10.4 Å². The van der Waals surface area contributed by atoms with Crippen molar-refractivity contribution < 1.29 is 14.3 Å². The number of fused-ring (bicyclic) bond motifs is 1. The van der Waals surface area contributed by atoms with Crippen LogP contribution in [0.2, 0.25) is 5.02 Å². The summed E-state index contributed by atoms with van der Waals surface area (Å²) in [5, 5.41) is 7.71. The normalized spacial score (nSPS) is 15.8. The number of hydrogen-bond acceptors (Lipinski definition) is 4. The van der Waals surface area contributed by atoms with Crippen molar-refractivity contribution in [2.75, 3.05) is 5.32 Å². The molecule has 4 rings (SSSR count). The van der Waals surface area contributed by atoms with E-state index in [0.29, 0.717) is 22.7 Å². The standard InChI is InChI=1S/C20H16ClN3O3/c1-12-17(11-22-24(12)15-7-4-6-14(21)10-15)23-19(25)18-9-13-5-2-3-8-16(13)20(26)27-18/h2-8,10-11,18H,9H2,1H3,(H,23,25). The summed E-state index contributed by atoms with van der Waals surface area (Å²) in [5.41, 5.74) is 3.40. The van der Waals surface area contributed by atoms with E-state index in [4.69, 9.17) is 16.3 Å². The van der Waals surface area contributed by atoms with Gasteiger partial charge in [-0.15, -0.1) is 0 Å². The highest BCUT2D eigenvalue weighted by Gasteiger charge is 2.31. The number of rotatable bonds is 3. The van der Waals surface area contributed by atoms with Gasteiger partial charge >= 0.3 is 5.97 Å². The van der Waals surface area contributed by atoms with Gasteiger partial charge in [0.2, 0.25) is 0 Å². The van der Waals surface area contributed by atoms with Crippen LogP contribution in [-0.2, 0) is 16.0 Å². The van der Waals surface area contributed by atoms with Crippen LogP contribution in [0.5, 0.6) is 0 Å². The van der Waals surface area contributed by atoms with Gasteiger partial charge in [0.15, 0.2) is 6.10 Å². The highest BCUT2D eigenvalue weighted by molar-refractivity contribution is 6.30. The molecule has 0 radical (unpaired) electrons. The predicted molar refractivity (Wildman–Crippen MR) is 101 cm³/mol. The van der Waals surface area contributed by atoms with Crippen LogP contribution in [0, 0.1) is 6.92 Å². The lowest BCUT2D eigenvalue weighted by Crippen LogP contribution is -2.38. The molecule has 3 aromatic rings. The summed E-state index contributed by atoms with van der Waals surface area (Å²) in [6, 6.07) is 14.4. The minimum absolute atomic E-state index is 0.342. The molecule has 1 unspecified atom stereocenters. The number of carbonyl (C=O) groups is 2. The molecule has 7 heteroatoms. The minimum Gasteiger partial charge on any atom is -0.448 e. The van der Waals surface area contributed by atoms with E-state index >= 15 is 0 Å². The molecule has 2 heterocycles. The van der Waals surface area contributed by atoms with Crippen molar-refractivity contribution in [2.45, 2.75) is 19.4 Å². The average molecular weight is 382 g/mol. The lowest BCUT2D eigenvalue weighted by molar-refractivity contribution is -0.125. The Bertz CT molecular complexity index is 1040. The fourth-order valence-electron chi connectivity index (χ4n) is 3.09. The first-order valence-electron chi connectivity index (χ1n) is 8.43. The first kappa shape index (κ1) is 17.3. The summed E-state index contributed by atoms with van der Waals surface area (Å²) < 4.78 is 6.98. The number of anilines is 1. The van der Waals surface area contributed by atoms with Gasteiger partial charge in [0, 0.05) is 11.4 Å². The lowest BCUT2D eigenvalue weighted by Gasteiger charge is -2.23. The Morgan fingerprint density at radius 1 is 1.26 bits per heavy atom. The quantitative estimate of drug-likeness (QED) is 0.704. The summed E-state index contributed by atoms with van der Waals surface area (Å²) in [6.45, 7) is 1.84. The fraction of sp³-hybridized carbons (Fsp3) is 0.150. The Hall–Kier alpha value is -3.12. The van der Waals surface area contributed by atoms with Gasteiger partial charge in [0.25, 0.3) is 5.91 Å². The molecule has 2 aromatic carbocycles. The van der Waals surface area contributed by atoms with Gasteiger partial charge in [-0.3, -0.25) is 4.79 Å². The number of nitrogens with one attached hydrogen (secondary N) is 1. The fourth-order valence-corrected chi connectivity index (χ4v) is 3.28. The van der Waals surface area contributed by atoms with Gasteiger partial charge in [-0.1, -0.05) is 35.9 Å². The predicted octanol–water partition coefficient (Wildman–Crippen LogP) is 3.55. The summed E-state index contributed by atoms with van der Waals surface area (Å²) in [7, 11) is 0. The molecule has 1 N–H and O–H groups in total. The number of esters is 1. The summed E-state index contributed by atoms with van der Waals surface area (Å²) >= 11 is 6.04. The average Bonchev–Trinajstić information content (AvgIpc) is 3.02. The zero-order valence-electron chi connectivity index (χ0n) is 14.5. The van der Waals surface area contributed by atoms with E-state index in [0.717, 1.165) is 16.9 Å². The van der Waals surface area contributed by atoms with Gasteiger partial charge in [-0.25, -0.2) is 9.48 Å². The molecule has 6 nitrogen and oxygen atoms in total. The van der Waals surface area contributed by atoms with E-state index < -0.39 is 12.1 Å². The number of cyclic esters (lactones) is 1. The molecule has 136 valence electrons. The van der Waals surface area contributed by atoms with Crippen LogP contribution in [0.3, 0.4) is 0 Å². The molecular formula is C20H16ClN3O3. The van der Waals surface area contributed by atoms with Crippen LogP contribution in [-0.4, -0.2) is 27.8 Å². The molecule has 1 aliphatic rings. The first-order chi connectivity index (χ1) is 13.0. The molecule has 0 fully saturated rings. The van der Waals surface area contributed by atoms with E-state index in [9.17, 15) is 9.59 Å². The van der Waals surface area contributed by atoms with Crippen molar-refractivity contribution in [3.8, 4) is 5.69 Å². The number of carbonyl (C=O) groups excluding carboxylic acids is 2. The number of halogens is 1. The maximum atomic E-state index is 12.6. The minimum atomic E-state index is -0.874. The van der Waals surface area contributed by atoms with Crippen molar-refractivity contribution in [2.24, 2.45) is 0 Å². The van der Waals surface area contributed by atoms with Gasteiger partial charge in [0.05, 0.1) is 28.8 Å². The third kappa shape index (κ3) is 3.31.